The van der Waals surface area contributed by atoms with Gasteiger partial charge >= 0.3 is 17.9 Å². The van der Waals surface area contributed by atoms with Crippen LogP contribution in [0.5, 0.6) is 0 Å². The highest BCUT2D eigenvalue weighted by molar-refractivity contribution is 5.89. The molecule has 9 heteroatoms. The van der Waals surface area contributed by atoms with Crippen molar-refractivity contribution in [2.45, 2.75) is 25.9 Å². The molecule has 0 aliphatic carbocycles. The summed E-state index contributed by atoms with van der Waals surface area (Å²) in [6, 6.07) is 0. The molecular formula is C14H23NO8. The number of likely N-dealkylation sites (N-methyl/N-ethyl adjacent to an activating group) is 1. The van der Waals surface area contributed by atoms with Crippen LogP contribution in [0.1, 0.15) is 19.8 Å². The van der Waals surface area contributed by atoms with Crippen LogP contribution in [0.25, 0.3) is 0 Å². The Labute approximate surface area is 134 Å². The highest BCUT2D eigenvalue weighted by atomic mass is 16.5. The zero-order valence-corrected chi connectivity index (χ0v) is 13.6. The highest BCUT2D eigenvalue weighted by Crippen LogP contribution is 2.05. The second-order valence-electron chi connectivity index (χ2n) is 5.52. The van der Waals surface area contributed by atoms with Crippen LogP contribution < -0.4 is 5.11 Å². The molecule has 0 unspecified atom stereocenters. The van der Waals surface area contributed by atoms with Gasteiger partial charge in [-0.2, -0.15) is 0 Å². The van der Waals surface area contributed by atoms with Gasteiger partial charge in [0.15, 0.2) is 6.10 Å². The second kappa shape index (κ2) is 11.2. The first-order valence-electron chi connectivity index (χ1n) is 6.71. The number of hydrogen-bond donors (Lipinski definition) is 2. The highest BCUT2D eigenvalue weighted by Gasteiger charge is 2.21. The Bertz CT molecular complexity index is 434. The molecule has 132 valence electrons. The summed E-state index contributed by atoms with van der Waals surface area (Å²) < 4.78 is 5.55. The Kier molecular flexibility index (Phi) is 11.1. The molecule has 0 bridgehead atoms. The largest absolute Gasteiger partial charge is 0.550 e. The Morgan fingerprint density at radius 2 is 1.52 bits per heavy atom. The van der Waals surface area contributed by atoms with Crippen LogP contribution in [0.4, 0.5) is 0 Å². The second-order valence-corrected chi connectivity index (χ2v) is 5.52. The van der Waals surface area contributed by atoms with Crippen molar-refractivity contribution in [3.05, 3.63) is 12.2 Å². The number of aliphatic carboxylic acids is 3. The first kappa shape index (κ1) is 22.9. The first-order valence-corrected chi connectivity index (χ1v) is 6.71. The van der Waals surface area contributed by atoms with Gasteiger partial charge in [0.05, 0.1) is 21.1 Å². The van der Waals surface area contributed by atoms with E-state index in [0.717, 1.165) is 0 Å². The van der Waals surface area contributed by atoms with Gasteiger partial charge in [-0.15, -0.1) is 0 Å². The zero-order valence-electron chi connectivity index (χ0n) is 13.6. The summed E-state index contributed by atoms with van der Waals surface area (Å²) in [5, 5.41) is 26.1. The molecule has 0 aromatic carbocycles. The van der Waals surface area contributed by atoms with E-state index in [1.165, 1.54) is 0 Å². The van der Waals surface area contributed by atoms with Crippen molar-refractivity contribution in [1.29, 1.82) is 0 Å². The molecule has 23 heavy (non-hydrogen) atoms. The van der Waals surface area contributed by atoms with E-state index in [4.69, 9.17) is 14.9 Å². The van der Waals surface area contributed by atoms with Crippen LogP contribution in [-0.2, 0) is 23.9 Å². The van der Waals surface area contributed by atoms with Crippen molar-refractivity contribution in [2.24, 2.45) is 0 Å². The molecule has 0 saturated heterocycles. The fourth-order valence-corrected chi connectivity index (χ4v) is 1.35. The molecule has 0 aliphatic heterocycles. The number of rotatable bonds is 8. The van der Waals surface area contributed by atoms with Crippen molar-refractivity contribution in [1.82, 2.24) is 0 Å². The summed E-state index contributed by atoms with van der Waals surface area (Å²) in [6.45, 7) is 2.13. The molecule has 0 aliphatic rings. The number of carboxylic acids is 3. The molecule has 0 saturated carbocycles. The number of quaternary nitrogens is 1. The van der Waals surface area contributed by atoms with Crippen molar-refractivity contribution < 1.29 is 43.7 Å². The van der Waals surface area contributed by atoms with Crippen LogP contribution in [0.15, 0.2) is 12.2 Å². The number of esters is 1. The van der Waals surface area contributed by atoms with Crippen LogP contribution in [0.3, 0.4) is 0 Å². The summed E-state index contributed by atoms with van der Waals surface area (Å²) in [5.41, 5.74) is 0. The first-order chi connectivity index (χ1) is 10.4. The number of carboxylic acid groups (broad SMARTS) is 3. The lowest BCUT2D eigenvalue weighted by atomic mass is 10.2. The maximum absolute atomic E-state index is 11.0. The van der Waals surface area contributed by atoms with Crippen molar-refractivity contribution >= 4 is 23.9 Å². The molecule has 0 heterocycles. The van der Waals surface area contributed by atoms with Crippen molar-refractivity contribution in [3.63, 3.8) is 0 Å². The molecule has 0 aromatic heterocycles. The quantitative estimate of drug-likeness (QED) is 0.323. The van der Waals surface area contributed by atoms with E-state index in [1.807, 2.05) is 21.1 Å². The summed E-state index contributed by atoms with van der Waals surface area (Å²) >= 11 is 0. The topological polar surface area (TPSA) is 141 Å². The fourth-order valence-electron chi connectivity index (χ4n) is 1.35. The Balaban J connectivity index is 0. The predicted molar refractivity (Wildman–Crippen MR) is 77.1 cm³/mol. The average Bonchev–Trinajstić information content (AvgIpc) is 2.34. The Morgan fingerprint density at radius 1 is 1.09 bits per heavy atom. The van der Waals surface area contributed by atoms with E-state index >= 15 is 0 Å². The summed E-state index contributed by atoms with van der Waals surface area (Å²) in [7, 11) is 5.71. The van der Waals surface area contributed by atoms with E-state index in [0.29, 0.717) is 23.2 Å². The predicted octanol–water partition coefficient (Wildman–Crippen LogP) is -1.13. The monoisotopic (exact) mass is 333 g/mol. The lowest BCUT2D eigenvalue weighted by Crippen LogP contribution is -2.45. The van der Waals surface area contributed by atoms with Gasteiger partial charge in [0, 0.05) is 31.0 Å². The van der Waals surface area contributed by atoms with Crippen molar-refractivity contribution in [3.8, 4) is 0 Å². The molecule has 1 atom stereocenters. The molecular weight excluding hydrogens is 310 g/mol. The average molecular weight is 333 g/mol. The van der Waals surface area contributed by atoms with Gasteiger partial charge in [0.25, 0.3) is 0 Å². The molecule has 2 N–H and O–H groups in total. The van der Waals surface area contributed by atoms with Crippen LogP contribution in [0, 0.1) is 0 Å². The van der Waals surface area contributed by atoms with Gasteiger partial charge in [-0.3, -0.25) is 4.79 Å². The van der Waals surface area contributed by atoms with Gasteiger partial charge in [-0.05, 0) is 0 Å². The Morgan fingerprint density at radius 3 is 1.78 bits per heavy atom. The third-order valence-corrected chi connectivity index (χ3v) is 2.10. The fraction of sp³-hybridized carbons (Fsp3) is 0.571. The Hall–Kier alpha value is -2.42. The minimum absolute atomic E-state index is 0.249. The van der Waals surface area contributed by atoms with Crippen molar-refractivity contribution in [2.75, 3.05) is 27.7 Å². The van der Waals surface area contributed by atoms with E-state index in [9.17, 15) is 24.3 Å². The maximum atomic E-state index is 11.0. The van der Waals surface area contributed by atoms with E-state index < -0.39 is 24.0 Å². The summed E-state index contributed by atoms with van der Waals surface area (Å²) in [6.07, 6.45) is 0.509. The van der Waals surface area contributed by atoms with Crippen LogP contribution in [0.2, 0.25) is 0 Å². The molecule has 0 spiro atoms. The lowest BCUT2D eigenvalue weighted by Gasteiger charge is -2.29. The zero-order chi connectivity index (χ0) is 18.6. The van der Waals surface area contributed by atoms with E-state index in [2.05, 4.69) is 0 Å². The number of ether oxygens (including phenoxy) is 1. The van der Waals surface area contributed by atoms with Crippen LogP contribution >= 0.6 is 0 Å². The lowest BCUT2D eigenvalue weighted by molar-refractivity contribution is -0.873. The minimum Gasteiger partial charge on any atom is -0.550 e. The number of carbonyl (C=O) groups is 4. The standard InChI is InChI=1S/C10H19NO4.C4H4O4/c1-5-10(14)15-8(6-9(12)13)7-11(2,3)4;5-3(6)1-2-4(7)8/h8H,5-7H2,1-4H3;1-2H,(H,5,6)(H,7,8)/t8-;/m1./s1. The third kappa shape index (κ3) is 19.6. The molecule has 0 fully saturated rings. The summed E-state index contributed by atoms with van der Waals surface area (Å²) in [4.78, 5) is 40.6. The minimum atomic E-state index is -1.26. The number of carbonyl (C=O) groups excluding carboxylic acids is 2. The van der Waals surface area contributed by atoms with Crippen LogP contribution in [-0.4, -0.2) is 72.4 Å². The van der Waals surface area contributed by atoms with Gasteiger partial charge in [-0.1, -0.05) is 6.92 Å². The maximum Gasteiger partial charge on any atom is 0.328 e. The molecule has 9 nitrogen and oxygen atoms in total. The number of nitrogens with zero attached hydrogens (tertiary/aromatic N) is 1. The summed E-state index contributed by atoms with van der Waals surface area (Å²) in [5.74, 6) is -4.09. The molecule has 0 amide bonds. The van der Waals surface area contributed by atoms with Gasteiger partial charge in [0.1, 0.15) is 6.54 Å². The van der Waals surface area contributed by atoms with Gasteiger partial charge < -0.3 is 29.3 Å². The molecule has 0 rings (SSSR count). The van der Waals surface area contributed by atoms with Gasteiger partial charge in [-0.25, -0.2) is 9.59 Å². The third-order valence-electron chi connectivity index (χ3n) is 2.10. The van der Waals surface area contributed by atoms with E-state index in [1.54, 1.807) is 6.92 Å². The SMILES string of the molecule is CCC(=O)O[C@H](CC(=O)[O-])C[N+](C)(C)C.O=C(O)C=CC(=O)O. The number of hydrogen-bond acceptors (Lipinski definition) is 6. The smallest absolute Gasteiger partial charge is 0.328 e. The normalized spacial score (nSPS) is 12.0. The van der Waals surface area contributed by atoms with Gasteiger partial charge in [0.2, 0.25) is 0 Å². The van der Waals surface area contributed by atoms with E-state index in [-0.39, 0.29) is 18.8 Å². The molecule has 0 aromatic rings. The molecule has 0 radical (unpaired) electrons.